The third-order valence-corrected chi connectivity index (χ3v) is 11.1. The zero-order valence-corrected chi connectivity index (χ0v) is 20.6. The van der Waals surface area contributed by atoms with Gasteiger partial charge < -0.3 is 10.2 Å². The molecular weight excluding hydrogens is 396 g/mol. The molecule has 4 nitrogen and oxygen atoms in total. The van der Waals surface area contributed by atoms with Crippen LogP contribution in [0.5, 0.6) is 0 Å². The summed E-state index contributed by atoms with van der Waals surface area (Å²) in [6.07, 6.45) is 18.8. The topological polar surface area (TPSA) is 49.4 Å². The van der Waals surface area contributed by atoms with Crippen LogP contribution in [0.3, 0.4) is 0 Å². The van der Waals surface area contributed by atoms with E-state index in [9.17, 15) is 9.59 Å². The van der Waals surface area contributed by atoms with Gasteiger partial charge in [0.2, 0.25) is 11.8 Å². The highest BCUT2D eigenvalue weighted by molar-refractivity contribution is 5.89. The molecule has 2 amide bonds. The highest BCUT2D eigenvalue weighted by Gasteiger charge is 2.60. The molecule has 5 aliphatic rings. The predicted octanol–water partition coefficient (Wildman–Crippen LogP) is 5.33. The van der Waals surface area contributed by atoms with Crippen molar-refractivity contribution in [2.45, 2.75) is 96.9 Å². The molecule has 0 bridgehead atoms. The highest BCUT2D eigenvalue weighted by atomic mass is 16.2. The maximum absolute atomic E-state index is 12.7. The number of likely N-dealkylation sites (N-methyl/N-ethyl adjacent to an activating group) is 1. The Bertz CT molecular complexity index is 771. The molecule has 4 saturated carbocycles. The third kappa shape index (κ3) is 3.64. The number of rotatable bonds is 4. The minimum Gasteiger partial charge on any atom is -0.356 e. The molecule has 0 spiro atoms. The third-order valence-electron chi connectivity index (χ3n) is 11.1. The lowest BCUT2D eigenvalue weighted by Crippen LogP contribution is -2.59. The quantitative estimate of drug-likeness (QED) is 0.642. The van der Waals surface area contributed by atoms with Crippen LogP contribution in [0.2, 0.25) is 0 Å². The summed E-state index contributed by atoms with van der Waals surface area (Å²) in [4.78, 5) is 27.0. The second kappa shape index (κ2) is 8.47. The van der Waals surface area contributed by atoms with Gasteiger partial charge in [0.15, 0.2) is 0 Å². The standard InChI is InChI=1S/C28H44N2O2/c1-27-15-13-23-21(10-12-24-28(23,2)16-14-26(32)30(24)3)22(27)11-9-20(27)18-29-25(31)17-19-7-5-4-6-8-19/h14,16,19-24H,4-13,15,17-18H2,1-3H3,(H,29,31)/t20?,21-,22-,23+,24?,27+,28+/m0/s1. The molecule has 1 N–H and O–H groups in total. The number of fused-ring (bicyclic) bond motifs is 5. The molecule has 178 valence electrons. The molecule has 1 aliphatic heterocycles. The normalized spacial score (nSPS) is 44.0. The molecule has 0 aromatic rings. The first-order chi connectivity index (χ1) is 15.3. The number of nitrogens with zero attached hydrogens (tertiary/aromatic N) is 1. The Morgan fingerprint density at radius 3 is 2.59 bits per heavy atom. The van der Waals surface area contributed by atoms with Crippen molar-refractivity contribution in [3.63, 3.8) is 0 Å². The number of amides is 2. The summed E-state index contributed by atoms with van der Waals surface area (Å²) < 4.78 is 0. The minimum atomic E-state index is 0.124. The molecule has 0 radical (unpaired) electrons. The van der Waals surface area contributed by atoms with Crippen LogP contribution in [0.1, 0.15) is 90.9 Å². The van der Waals surface area contributed by atoms with E-state index in [4.69, 9.17) is 0 Å². The van der Waals surface area contributed by atoms with Gasteiger partial charge in [-0.25, -0.2) is 0 Å². The van der Waals surface area contributed by atoms with Gasteiger partial charge in [-0.2, -0.15) is 0 Å². The number of nitrogens with one attached hydrogen (secondary N) is 1. The van der Waals surface area contributed by atoms with Crippen molar-refractivity contribution in [1.29, 1.82) is 0 Å². The zero-order valence-electron chi connectivity index (χ0n) is 20.6. The van der Waals surface area contributed by atoms with Gasteiger partial charge in [0.25, 0.3) is 0 Å². The Morgan fingerprint density at radius 2 is 1.81 bits per heavy atom. The van der Waals surface area contributed by atoms with Gasteiger partial charge in [0, 0.05) is 31.5 Å². The summed E-state index contributed by atoms with van der Waals surface area (Å²) in [5.74, 6) is 3.95. The van der Waals surface area contributed by atoms with E-state index in [1.165, 1.54) is 64.2 Å². The fourth-order valence-electron chi connectivity index (χ4n) is 9.15. The first-order valence-corrected chi connectivity index (χ1v) is 13.6. The first kappa shape index (κ1) is 22.5. The summed E-state index contributed by atoms with van der Waals surface area (Å²) in [5, 5.41) is 3.37. The molecule has 4 heteroatoms. The van der Waals surface area contributed by atoms with Crippen LogP contribution < -0.4 is 5.32 Å². The molecule has 1 heterocycles. The van der Waals surface area contributed by atoms with E-state index in [0.717, 1.165) is 31.2 Å². The van der Waals surface area contributed by atoms with Crippen molar-refractivity contribution >= 4 is 11.8 Å². The number of hydrogen-bond donors (Lipinski definition) is 1. The number of carbonyl (C=O) groups excluding carboxylic acids is 2. The van der Waals surface area contributed by atoms with Gasteiger partial charge in [-0.1, -0.05) is 39.2 Å². The Labute approximate surface area is 195 Å². The molecule has 32 heavy (non-hydrogen) atoms. The summed E-state index contributed by atoms with van der Waals surface area (Å²) in [7, 11) is 2.00. The highest BCUT2D eigenvalue weighted by Crippen LogP contribution is 2.65. The van der Waals surface area contributed by atoms with Crippen molar-refractivity contribution in [3.8, 4) is 0 Å². The van der Waals surface area contributed by atoms with Crippen molar-refractivity contribution in [2.75, 3.05) is 13.6 Å². The van der Waals surface area contributed by atoms with Crippen LogP contribution in [0, 0.1) is 40.4 Å². The van der Waals surface area contributed by atoms with E-state index in [1.54, 1.807) is 0 Å². The molecule has 0 aromatic carbocycles. The van der Waals surface area contributed by atoms with Gasteiger partial charge in [-0.05, 0) is 92.4 Å². The van der Waals surface area contributed by atoms with Gasteiger partial charge >= 0.3 is 0 Å². The molecule has 5 rings (SSSR count). The van der Waals surface area contributed by atoms with E-state index in [1.807, 2.05) is 18.0 Å². The van der Waals surface area contributed by atoms with Crippen molar-refractivity contribution < 1.29 is 9.59 Å². The summed E-state index contributed by atoms with van der Waals surface area (Å²) in [6, 6.07) is 0.363. The van der Waals surface area contributed by atoms with E-state index >= 15 is 0 Å². The molecule has 7 atom stereocenters. The Hall–Kier alpha value is -1.32. The van der Waals surface area contributed by atoms with E-state index < -0.39 is 0 Å². The van der Waals surface area contributed by atoms with E-state index in [-0.39, 0.29) is 11.3 Å². The van der Waals surface area contributed by atoms with Crippen LogP contribution in [-0.4, -0.2) is 36.3 Å². The molecule has 4 aliphatic carbocycles. The Morgan fingerprint density at radius 1 is 1.03 bits per heavy atom. The van der Waals surface area contributed by atoms with Crippen LogP contribution in [-0.2, 0) is 9.59 Å². The molecule has 0 saturated heterocycles. The smallest absolute Gasteiger partial charge is 0.246 e. The molecule has 4 fully saturated rings. The van der Waals surface area contributed by atoms with Crippen LogP contribution in [0.25, 0.3) is 0 Å². The average molecular weight is 441 g/mol. The summed E-state index contributed by atoms with van der Waals surface area (Å²) >= 11 is 0. The maximum atomic E-state index is 12.7. The fourth-order valence-corrected chi connectivity index (χ4v) is 9.15. The summed E-state index contributed by atoms with van der Waals surface area (Å²) in [6.45, 7) is 5.85. The van der Waals surface area contributed by atoms with Crippen molar-refractivity contribution in [3.05, 3.63) is 12.2 Å². The van der Waals surface area contributed by atoms with Crippen LogP contribution >= 0.6 is 0 Å². The lowest BCUT2D eigenvalue weighted by Gasteiger charge is -2.60. The number of carbonyl (C=O) groups is 2. The first-order valence-electron chi connectivity index (χ1n) is 13.6. The largest absolute Gasteiger partial charge is 0.356 e. The fraction of sp³-hybridized carbons (Fsp3) is 0.857. The van der Waals surface area contributed by atoms with Crippen LogP contribution in [0.4, 0.5) is 0 Å². The van der Waals surface area contributed by atoms with E-state index in [2.05, 4.69) is 25.2 Å². The van der Waals surface area contributed by atoms with Gasteiger partial charge in [-0.3, -0.25) is 9.59 Å². The Kier molecular flexibility index (Phi) is 5.95. The Balaban J connectivity index is 1.23. The lowest BCUT2D eigenvalue weighted by atomic mass is 9.47. The molecule has 0 aromatic heterocycles. The van der Waals surface area contributed by atoms with Gasteiger partial charge in [-0.15, -0.1) is 0 Å². The molecule has 2 unspecified atom stereocenters. The van der Waals surface area contributed by atoms with Crippen molar-refractivity contribution in [1.82, 2.24) is 10.2 Å². The molecular formula is C28H44N2O2. The van der Waals surface area contributed by atoms with Gasteiger partial charge in [0.05, 0.1) is 0 Å². The van der Waals surface area contributed by atoms with Crippen LogP contribution in [0.15, 0.2) is 12.2 Å². The lowest BCUT2D eigenvalue weighted by molar-refractivity contribution is -0.139. The summed E-state index contributed by atoms with van der Waals surface area (Å²) in [5.41, 5.74) is 0.488. The minimum absolute atomic E-state index is 0.124. The maximum Gasteiger partial charge on any atom is 0.246 e. The number of hydrogen-bond acceptors (Lipinski definition) is 2. The second-order valence-corrected chi connectivity index (χ2v) is 12.4. The second-order valence-electron chi connectivity index (χ2n) is 12.4. The average Bonchev–Trinajstić information content (AvgIpc) is 3.12. The zero-order chi connectivity index (χ0) is 22.5. The monoisotopic (exact) mass is 440 g/mol. The van der Waals surface area contributed by atoms with E-state index in [0.29, 0.717) is 35.1 Å². The van der Waals surface area contributed by atoms with Gasteiger partial charge in [0.1, 0.15) is 0 Å². The van der Waals surface area contributed by atoms with Crippen molar-refractivity contribution in [2.24, 2.45) is 40.4 Å². The predicted molar refractivity (Wildman–Crippen MR) is 128 cm³/mol. The SMILES string of the molecule is CN1C(=O)C=C[C@@]2(C)C1CC[C@@H]1[C@H]2CC[C@]2(C)C(CNC(=O)CC3CCCCC3)CC[C@@H]12.